The quantitative estimate of drug-likeness (QED) is 0.639. The van der Waals surface area contributed by atoms with Crippen LogP contribution in [0.25, 0.3) is 5.57 Å². The van der Waals surface area contributed by atoms with Crippen LogP contribution in [-0.2, 0) is 0 Å². The summed E-state index contributed by atoms with van der Waals surface area (Å²) < 4.78 is 0. The summed E-state index contributed by atoms with van der Waals surface area (Å²) in [5, 5.41) is 17.7. The van der Waals surface area contributed by atoms with E-state index in [2.05, 4.69) is 0 Å². The lowest BCUT2D eigenvalue weighted by Crippen LogP contribution is -1.79. The van der Waals surface area contributed by atoms with Gasteiger partial charge in [0.15, 0.2) is 0 Å². The molecule has 0 fully saturated rings. The van der Waals surface area contributed by atoms with Crippen LogP contribution in [0.5, 0.6) is 5.75 Å². The van der Waals surface area contributed by atoms with Gasteiger partial charge in [-0.15, -0.1) is 0 Å². The zero-order valence-corrected chi connectivity index (χ0v) is 6.78. The van der Waals surface area contributed by atoms with E-state index in [-0.39, 0.29) is 5.75 Å². The predicted molar refractivity (Wildman–Crippen MR) is 47.4 cm³/mol. The van der Waals surface area contributed by atoms with Crippen LogP contribution in [0.4, 0.5) is 0 Å². The molecule has 1 N–H and O–H groups in total. The first-order valence-corrected chi connectivity index (χ1v) is 3.60. The van der Waals surface area contributed by atoms with Gasteiger partial charge in [0, 0.05) is 11.6 Å². The summed E-state index contributed by atoms with van der Waals surface area (Å²) in [5.74, 6) is 0.210. The highest BCUT2D eigenvalue weighted by atomic mass is 16.3. The van der Waals surface area contributed by atoms with Gasteiger partial charge in [0.1, 0.15) is 5.75 Å². The minimum Gasteiger partial charge on any atom is -0.507 e. The Hall–Kier alpha value is -1.75. The van der Waals surface area contributed by atoms with Crippen LogP contribution in [0, 0.1) is 11.3 Å². The molecule has 0 aliphatic heterocycles. The maximum atomic E-state index is 9.36. The second-order valence-electron chi connectivity index (χ2n) is 2.47. The summed E-state index contributed by atoms with van der Waals surface area (Å²) in [7, 11) is 0. The molecule has 0 aliphatic rings. The first kappa shape index (κ1) is 8.35. The summed E-state index contributed by atoms with van der Waals surface area (Å²) in [6.07, 6.45) is 1.41. The van der Waals surface area contributed by atoms with Gasteiger partial charge in [0.05, 0.1) is 6.07 Å². The number of phenolic OH excluding ortho intramolecular Hbond substituents is 1. The highest BCUT2D eigenvalue weighted by molar-refractivity contribution is 5.70. The standard InChI is InChI=1S/C10H9NO/c1-8(6-7-11)9-4-2-3-5-10(9)12/h2-6,12H,1H3/b8-6+. The van der Waals surface area contributed by atoms with E-state index in [1.165, 1.54) is 6.08 Å². The maximum Gasteiger partial charge on any atom is 0.123 e. The fourth-order valence-corrected chi connectivity index (χ4v) is 0.982. The van der Waals surface area contributed by atoms with Crippen molar-refractivity contribution >= 4 is 5.57 Å². The first-order chi connectivity index (χ1) is 5.75. The number of phenols is 1. The number of nitriles is 1. The Morgan fingerprint density at radius 2 is 2.17 bits per heavy atom. The first-order valence-electron chi connectivity index (χ1n) is 3.60. The second-order valence-corrected chi connectivity index (χ2v) is 2.47. The van der Waals surface area contributed by atoms with E-state index < -0.39 is 0 Å². The lowest BCUT2D eigenvalue weighted by atomic mass is 10.1. The van der Waals surface area contributed by atoms with Crippen molar-refractivity contribution in [2.24, 2.45) is 0 Å². The Balaban J connectivity index is 3.13. The monoisotopic (exact) mass is 159 g/mol. The molecule has 0 heterocycles. The molecular formula is C10H9NO. The number of allylic oxidation sites excluding steroid dienone is 2. The van der Waals surface area contributed by atoms with Crippen LogP contribution < -0.4 is 0 Å². The van der Waals surface area contributed by atoms with E-state index in [1.54, 1.807) is 25.1 Å². The van der Waals surface area contributed by atoms with Gasteiger partial charge >= 0.3 is 0 Å². The third-order valence-corrected chi connectivity index (χ3v) is 1.61. The molecule has 0 aliphatic carbocycles. The molecule has 2 heteroatoms. The SMILES string of the molecule is C/C(=C\C#N)c1ccccc1O. The number of para-hydroxylation sites is 1. The molecule has 2 nitrogen and oxygen atoms in total. The van der Waals surface area contributed by atoms with Crippen LogP contribution in [0.3, 0.4) is 0 Å². The second kappa shape index (κ2) is 3.59. The van der Waals surface area contributed by atoms with Crippen LogP contribution in [-0.4, -0.2) is 5.11 Å². The van der Waals surface area contributed by atoms with E-state index >= 15 is 0 Å². The van der Waals surface area contributed by atoms with Gasteiger partial charge in [-0.05, 0) is 18.6 Å². The summed E-state index contributed by atoms with van der Waals surface area (Å²) in [4.78, 5) is 0. The number of aromatic hydroxyl groups is 1. The summed E-state index contributed by atoms with van der Waals surface area (Å²) in [5.41, 5.74) is 1.48. The molecule has 0 aromatic heterocycles. The normalized spacial score (nSPS) is 10.8. The van der Waals surface area contributed by atoms with E-state index in [0.29, 0.717) is 5.56 Å². The van der Waals surface area contributed by atoms with Crippen molar-refractivity contribution in [3.8, 4) is 11.8 Å². The average Bonchev–Trinajstić information content (AvgIpc) is 2.05. The van der Waals surface area contributed by atoms with Gasteiger partial charge < -0.3 is 5.11 Å². The predicted octanol–water partition coefficient (Wildman–Crippen LogP) is 2.32. The Morgan fingerprint density at radius 3 is 2.75 bits per heavy atom. The largest absolute Gasteiger partial charge is 0.507 e. The highest BCUT2D eigenvalue weighted by Gasteiger charge is 1.99. The molecule has 0 saturated heterocycles. The molecular weight excluding hydrogens is 150 g/mol. The molecule has 0 atom stereocenters. The van der Waals surface area contributed by atoms with Crippen molar-refractivity contribution in [3.05, 3.63) is 35.9 Å². The minimum absolute atomic E-state index is 0.210. The van der Waals surface area contributed by atoms with Crippen LogP contribution in [0.15, 0.2) is 30.3 Å². The number of hydrogen-bond donors (Lipinski definition) is 1. The average molecular weight is 159 g/mol. The molecule has 0 spiro atoms. The van der Waals surface area contributed by atoms with Crippen LogP contribution in [0.1, 0.15) is 12.5 Å². The summed E-state index contributed by atoms with van der Waals surface area (Å²) in [6, 6.07) is 8.87. The number of nitrogens with zero attached hydrogens (tertiary/aromatic N) is 1. The molecule has 1 aromatic rings. The molecule has 0 amide bonds. The topological polar surface area (TPSA) is 44.0 Å². The lowest BCUT2D eigenvalue weighted by Gasteiger charge is -2.01. The van der Waals surface area contributed by atoms with Crippen molar-refractivity contribution in [3.63, 3.8) is 0 Å². The molecule has 0 bridgehead atoms. The Morgan fingerprint density at radius 1 is 1.50 bits per heavy atom. The van der Waals surface area contributed by atoms with Crippen molar-refractivity contribution in [2.75, 3.05) is 0 Å². The molecule has 60 valence electrons. The zero-order valence-electron chi connectivity index (χ0n) is 6.78. The van der Waals surface area contributed by atoms with E-state index in [4.69, 9.17) is 5.26 Å². The maximum absolute atomic E-state index is 9.36. The van der Waals surface area contributed by atoms with Crippen molar-refractivity contribution in [1.29, 1.82) is 5.26 Å². The lowest BCUT2D eigenvalue weighted by molar-refractivity contribution is 0.473. The molecule has 0 saturated carbocycles. The molecule has 12 heavy (non-hydrogen) atoms. The number of rotatable bonds is 1. The molecule has 0 unspecified atom stereocenters. The molecule has 0 radical (unpaired) electrons. The van der Waals surface area contributed by atoms with Gasteiger partial charge in [-0.2, -0.15) is 5.26 Å². The zero-order chi connectivity index (χ0) is 8.97. The van der Waals surface area contributed by atoms with Crippen LogP contribution >= 0.6 is 0 Å². The summed E-state index contributed by atoms with van der Waals surface area (Å²) >= 11 is 0. The van der Waals surface area contributed by atoms with Gasteiger partial charge in [0.2, 0.25) is 0 Å². The fraction of sp³-hybridized carbons (Fsp3) is 0.100. The fourth-order valence-electron chi connectivity index (χ4n) is 0.982. The minimum atomic E-state index is 0.210. The van der Waals surface area contributed by atoms with Gasteiger partial charge in [-0.25, -0.2) is 0 Å². The van der Waals surface area contributed by atoms with Gasteiger partial charge in [0.25, 0.3) is 0 Å². The smallest absolute Gasteiger partial charge is 0.123 e. The van der Waals surface area contributed by atoms with Gasteiger partial charge in [-0.1, -0.05) is 18.2 Å². The Bertz CT molecular complexity index is 347. The molecule has 1 aromatic carbocycles. The third-order valence-electron chi connectivity index (χ3n) is 1.61. The number of benzene rings is 1. The Labute approximate surface area is 71.4 Å². The Kier molecular flexibility index (Phi) is 2.49. The van der Waals surface area contributed by atoms with E-state index in [1.807, 2.05) is 12.1 Å². The summed E-state index contributed by atoms with van der Waals surface area (Å²) in [6.45, 7) is 1.79. The van der Waals surface area contributed by atoms with Crippen LogP contribution in [0.2, 0.25) is 0 Å². The van der Waals surface area contributed by atoms with Crippen molar-refractivity contribution < 1.29 is 5.11 Å². The van der Waals surface area contributed by atoms with Crippen molar-refractivity contribution in [2.45, 2.75) is 6.92 Å². The number of hydrogen-bond acceptors (Lipinski definition) is 2. The molecule has 1 rings (SSSR count). The van der Waals surface area contributed by atoms with E-state index in [0.717, 1.165) is 5.57 Å². The highest BCUT2D eigenvalue weighted by Crippen LogP contribution is 2.23. The van der Waals surface area contributed by atoms with Gasteiger partial charge in [-0.3, -0.25) is 0 Å². The van der Waals surface area contributed by atoms with E-state index in [9.17, 15) is 5.11 Å². The third kappa shape index (κ3) is 1.64. The van der Waals surface area contributed by atoms with Crippen molar-refractivity contribution in [1.82, 2.24) is 0 Å².